The number of benzene rings is 2. The number of hydrogen-bond donors (Lipinski definition) is 0. The Balaban J connectivity index is 2.08. The minimum Gasteiger partial charge on any atom is -0.462 e. The van der Waals surface area contributed by atoms with E-state index in [1.807, 2.05) is 30.3 Å². The van der Waals surface area contributed by atoms with Crippen LogP contribution in [0.3, 0.4) is 0 Å². The zero-order valence-corrected chi connectivity index (χ0v) is 13.6. The molecule has 3 aromatic rings. The summed E-state index contributed by atoms with van der Waals surface area (Å²) < 4.78 is 24.9. The number of ether oxygens (including phenoxy) is 1. The minimum atomic E-state index is -0.453. The van der Waals surface area contributed by atoms with Gasteiger partial charge in [0.2, 0.25) is 0 Å². The van der Waals surface area contributed by atoms with Gasteiger partial charge in [-0.2, -0.15) is 0 Å². The first-order valence-electron chi connectivity index (χ1n) is 7.22. The largest absolute Gasteiger partial charge is 0.462 e. The number of carbonyl (C=O) groups is 1. The molecule has 0 atom stereocenters. The van der Waals surface area contributed by atoms with Crippen LogP contribution in [0.1, 0.15) is 23.0 Å². The van der Waals surface area contributed by atoms with E-state index >= 15 is 0 Å². The lowest BCUT2D eigenvalue weighted by atomic mass is 10.1. The molecule has 3 rings (SSSR count). The second-order valence-corrected chi connectivity index (χ2v) is 6.06. The van der Waals surface area contributed by atoms with Crippen LogP contribution in [0.2, 0.25) is 0 Å². The number of rotatable bonds is 4. The average molecular weight is 330 g/mol. The van der Waals surface area contributed by atoms with Gasteiger partial charge in [0.25, 0.3) is 0 Å². The molecule has 0 bridgehead atoms. The van der Waals surface area contributed by atoms with Crippen LogP contribution < -0.4 is 0 Å². The maximum absolute atomic E-state index is 14.3. The molecule has 5 heteroatoms. The number of esters is 1. The Labute approximate surface area is 137 Å². The van der Waals surface area contributed by atoms with Crippen molar-refractivity contribution >= 4 is 28.7 Å². The number of fused-ring (bicyclic) bond motifs is 1. The van der Waals surface area contributed by atoms with Crippen molar-refractivity contribution in [2.45, 2.75) is 23.6 Å². The number of furan rings is 1. The average Bonchev–Trinajstić information content (AvgIpc) is 2.84. The highest BCUT2D eigenvalue weighted by molar-refractivity contribution is 7.99. The third kappa shape index (κ3) is 3.10. The van der Waals surface area contributed by atoms with Gasteiger partial charge >= 0.3 is 5.97 Å². The highest BCUT2D eigenvalue weighted by atomic mass is 32.2. The van der Waals surface area contributed by atoms with Gasteiger partial charge in [0.1, 0.15) is 22.7 Å². The van der Waals surface area contributed by atoms with Gasteiger partial charge in [0.05, 0.1) is 6.61 Å². The fraction of sp³-hybridized carbons (Fsp3) is 0.167. The molecule has 0 aliphatic carbocycles. The normalized spacial score (nSPS) is 10.9. The highest BCUT2D eigenvalue weighted by Crippen LogP contribution is 2.35. The van der Waals surface area contributed by atoms with Crippen LogP contribution in [0.5, 0.6) is 0 Å². The number of aryl methyl sites for hydroxylation is 1. The SMILES string of the molecule is CCOC(=O)c1c(C)oc2cc(F)c(Sc3ccccc3)cc12. The lowest BCUT2D eigenvalue weighted by Gasteiger charge is -2.04. The zero-order valence-electron chi connectivity index (χ0n) is 12.8. The van der Waals surface area contributed by atoms with Crippen LogP contribution in [0.15, 0.2) is 56.7 Å². The lowest BCUT2D eigenvalue weighted by Crippen LogP contribution is -2.05. The number of carbonyl (C=O) groups excluding carboxylic acids is 1. The van der Waals surface area contributed by atoms with Crippen molar-refractivity contribution in [1.82, 2.24) is 0 Å². The summed E-state index contributed by atoms with van der Waals surface area (Å²) in [5, 5.41) is 0.570. The first kappa shape index (κ1) is 15.6. The van der Waals surface area contributed by atoms with Gasteiger partial charge in [-0.15, -0.1) is 0 Å². The maximum atomic E-state index is 14.3. The van der Waals surface area contributed by atoms with Crippen molar-refractivity contribution in [2.24, 2.45) is 0 Å². The van der Waals surface area contributed by atoms with Gasteiger partial charge in [-0.3, -0.25) is 0 Å². The highest BCUT2D eigenvalue weighted by Gasteiger charge is 2.21. The van der Waals surface area contributed by atoms with Gasteiger partial charge in [-0.05, 0) is 32.0 Å². The summed E-state index contributed by atoms with van der Waals surface area (Å²) in [6, 6.07) is 12.5. The molecule has 0 aliphatic rings. The monoisotopic (exact) mass is 330 g/mol. The van der Waals surface area contributed by atoms with Crippen molar-refractivity contribution in [2.75, 3.05) is 6.61 Å². The topological polar surface area (TPSA) is 39.4 Å². The van der Waals surface area contributed by atoms with Crippen LogP contribution in [0.4, 0.5) is 4.39 Å². The second-order valence-electron chi connectivity index (χ2n) is 4.95. The Bertz CT molecular complexity index is 856. The maximum Gasteiger partial charge on any atom is 0.342 e. The smallest absolute Gasteiger partial charge is 0.342 e. The van der Waals surface area contributed by atoms with Crippen LogP contribution >= 0.6 is 11.8 Å². The Morgan fingerprint density at radius 3 is 2.70 bits per heavy atom. The van der Waals surface area contributed by atoms with Crippen LogP contribution in [-0.2, 0) is 4.74 Å². The predicted molar refractivity (Wildman–Crippen MR) is 87.4 cm³/mol. The van der Waals surface area contributed by atoms with E-state index in [4.69, 9.17) is 9.15 Å². The van der Waals surface area contributed by atoms with E-state index in [2.05, 4.69) is 0 Å². The van der Waals surface area contributed by atoms with E-state index in [1.165, 1.54) is 17.8 Å². The third-order valence-corrected chi connectivity index (χ3v) is 4.41. The Morgan fingerprint density at radius 1 is 1.26 bits per heavy atom. The lowest BCUT2D eigenvalue weighted by molar-refractivity contribution is 0.0526. The van der Waals surface area contributed by atoms with Crippen molar-refractivity contribution < 1.29 is 18.3 Å². The van der Waals surface area contributed by atoms with Gasteiger partial charge in [-0.1, -0.05) is 30.0 Å². The molecular formula is C18H15FO3S. The summed E-state index contributed by atoms with van der Waals surface area (Å²) in [5.41, 5.74) is 0.706. The molecule has 3 nitrogen and oxygen atoms in total. The molecule has 2 aromatic carbocycles. The molecule has 0 unspecified atom stereocenters. The van der Waals surface area contributed by atoms with E-state index in [1.54, 1.807) is 19.9 Å². The molecule has 0 spiro atoms. The van der Waals surface area contributed by atoms with Crippen LogP contribution in [0, 0.1) is 12.7 Å². The molecule has 1 heterocycles. The fourth-order valence-electron chi connectivity index (χ4n) is 2.37. The summed E-state index contributed by atoms with van der Waals surface area (Å²) in [7, 11) is 0. The molecule has 0 fully saturated rings. The molecule has 0 saturated carbocycles. The summed E-state index contributed by atoms with van der Waals surface area (Å²) in [6.07, 6.45) is 0. The van der Waals surface area contributed by atoms with Crippen LogP contribution in [0.25, 0.3) is 11.0 Å². The van der Waals surface area contributed by atoms with Crippen molar-refractivity contribution in [3.05, 3.63) is 59.6 Å². The quantitative estimate of drug-likeness (QED) is 0.616. The molecule has 0 saturated heterocycles. The van der Waals surface area contributed by atoms with Gasteiger partial charge in [0, 0.05) is 21.2 Å². The molecular weight excluding hydrogens is 315 g/mol. The third-order valence-electron chi connectivity index (χ3n) is 3.37. The number of halogens is 1. The Kier molecular flexibility index (Phi) is 4.39. The van der Waals surface area contributed by atoms with Crippen molar-refractivity contribution in [3.8, 4) is 0 Å². The second kappa shape index (κ2) is 6.46. The standard InChI is InChI=1S/C18H15FO3S/c1-3-21-18(20)17-11(2)22-15-10-14(19)16(9-13(15)17)23-12-7-5-4-6-8-12/h4-10H,3H2,1-2H3. The van der Waals surface area contributed by atoms with Crippen molar-refractivity contribution in [3.63, 3.8) is 0 Å². The molecule has 0 radical (unpaired) electrons. The van der Waals surface area contributed by atoms with Crippen LogP contribution in [-0.4, -0.2) is 12.6 Å². The van der Waals surface area contributed by atoms with E-state index < -0.39 is 5.97 Å². The fourth-order valence-corrected chi connectivity index (χ4v) is 3.25. The minimum absolute atomic E-state index is 0.276. The summed E-state index contributed by atoms with van der Waals surface area (Å²) in [4.78, 5) is 13.5. The van der Waals surface area contributed by atoms with Crippen molar-refractivity contribution in [1.29, 1.82) is 0 Å². The first-order chi connectivity index (χ1) is 11.1. The number of hydrogen-bond acceptors (Lipinski definition) is 4. The summed E-state index contributed by atoms with van der Waals surface area (Å²) >= 11 is 1.30. The van der Waals surface area contributed by atoms with E-state index in [9.17, 15) is 9.18 Å². The van der Waals surface area contributed by atoms with Gasteiger partial charge in [-0.25, -0.2) is 9.18 Å². The molecule has 0 N–H and O–H groups in total. The van der Waals surface area contributed by atoms with E-state index in [0.29, 0.717) is 27.2 Å². The van der Waals surface area contributed by atoms with Gasteiger partial charge < -0.3 is 9.15 Å². The predicted octanol–water partition coefficient (Wildman–Crippen LogP) is 5.21. The molecule has 0 aliphatic heterocycles. The molecule has 23 heavy (non-hydrogen) atoms. The molecule has 1 aromatic heterocycles. The summed E-state index contributed by atoms with van der Waals surface area (Å²) in [5.74, 6) is -0.402. The Morgan fingerprint density at radius 2 is 2.00 bits per heavy atom. The van der Waals surface area contributed by atoms with Gasteiger partial charge in [0.15, 0.2) is 0 Å². The summed E-state index contributed by atoms with van der Waals surface area (Å²) in [6.45, 7) is 3.69. The van der Waals surface area contributed by atoms with E-state index in [-0.39, 0.29) is 12.4 Å². The first-order valence-corrected chi connectivity index (χ1v) is 8.04. The molecule has 118 valence electrons. The Hall–Kier alpha value is -2.27. The zero-order chi connectivity index (χ0) is 16.4. The molecule has 0 amide bonds. The van der Waals surface area contributed by atoms with E-state index in [0.717, 1.165) is 4.90 Å².